The standard InChI is InChI=1S/C52H35FN2/c53-42-29-31-43(32-30-42)54(44-18-9-17-41(34-44)37-14-5-2-6-15-37)45-19-10-20-46(35-45)55-49-23-11-22-48(40-26-24-38(25-27-40)36-12-3-1-4-13-36)51(49)52-47-21-8-7-16-39(47)28-33-50(52)55/h1-35H. The summed E-state index contributed by atoms with van der Waals surface area (Å²) in [4.78, 5) is 2.21. The van der Waals surface area contributed by atoms with E-state index in [1.54, 1.807) is 0 Å². The second-order valence-corrected chi connectivity index (χ2v) is 13.9. The molecule has 9 aromatic carbocycles. The van der Waals surface area contributed by atoms with Crippen LogP contribution in [0.5, 0.6) is 0 Å². The van der Waals surface area contributed by atoms with Crippen LogP contribution in [-0.4, -0.2) is 4.57 Å². The lowest BCUT2D eigenvalue weighted by Crippen LogP contribution is -2.10. The van der Waals surface area contributed by atoms with Crippen molar-refractivity contribution in [1.82, 2.24) is 4.57 Å². The summed E-state index contributed by atoms with van der Waals surface area (Å²) in [7, 11) is 0. The first kappa shape index (κ1) is 32.4. The summed E-state index contributed by atoms with van der Waals surface area (Å²) in [6, 6.07) is 73.6. The molecule has 0 amide bonds. The number of anilines is 3. The average molecular weight is 707 g/mol. The summed E-state index contributed by atoms with van der Waals surface area (Å²) < 4.78 is 16.7. The van der Waals surface area contributed by atoms with Gasteiger partial charge in [0, 0.05) is 33.5 Å². The number of nitrogens with zero attached hydrogens (tertiary/aromatic N) is 2. The second-order valence-electron chi connectivity index (χ2n) is 13.9. The number of aromatic nitrogens is 1. The Morgan fingerprint density at radius 2 is 0.945 bits per heavy atom. The van der Waals surface area contributed by atoms with Crippen molar-refractivity contribution in [2.75, 3.05) is 4.90 Å². The minimum Gasteiger partial charge on any atom is -0.310 e. The highest BCUT2D eigenvalue weighted by molar-refractivity contribution is 6.25. The Morgan fingerprint density at radius 1 is 0.364 bits per heavy atom. The monoisotopic (exact) mass is 706 g/mol. The van der Waals surface area contributed by atoms with Gasteiger partial charge in [-0.15, -0.1) is 0 Å². The van der Waals surface area contributed by atoms with Crippen molar-refractivity contribution in [3.63, 3.8) is 0 Å². The molecule has 0 fully saturated rings. The van der Waals surface area contributed by atoms with Crippen molar-refractivity contribution in [2.45, 2.75) is 0 Å². The molecule has 0 aliphatic carbocycles. The van der Waals surface area contributed by atoms with Gasteiger partial charge >= 0.3 is 0 Å². The zero-order valence-corrected chi connectivity index (χ0v) is 30.0. The summed E-state index contributed by atoms with van der Waals surface area (Å²) >= 11 is 0. The minimum absolute atomic E-state index is 0.265. The predicted octanol–water partition coefficient (Wildman–Crippen LogP) is 14.5. The number of benzene rings is 9. The molecular weight excluding hydrogens is 672 g/mol. The zero-order chi connectivity index (χ0) is 36.7. The molecule has 0 unspecified atom stereocenters. The van der Waals surface area contributed by atoms with Crippen molar-refractivity contribution in [3.8, 4) is 39.1 Å². The summed E-state index contributed by atoms with van der Waals surface area (Å²) in [6.45, 7) is 0. The molecule has 2 nitrogen and oxygen atoms in total. The van der Waals surface area contributed by atoms with E-state index in [0.29, 0.717) is 0 Å². The van der Waals surface area contributed by atoms with Crippen LogP contribution >= 0.6 is 0 Å². The van der Waals surface area contributed by atoms with E-state index in [1.807, 2.05) is 18.2 Å². The van der Waals surface area contributed by atoms with Crippen LogP contribution in [0.2, 0.25) is 0 Å². The van der Waals surface area contributed by atoms with E-state index >= 15 is 0 Å². The van der Waals surface area contributed by atoms with E-state index in [0.717, 1.165) is 44.9 Å². The fourth-order valence-corrected chi connectivity index (χ4v) is 8.08. The van der Waals surface area contributed by atoms with Gasteiger partial charge in [-0.2, -0.15) is 0 Å². The van der Waals surface area contributed by atoms with Crippen molar-refractivity contribution < 1.29 is 4.39 Å². The van der Waals surface area contributed by atoms with Crippen LogP contribution in [0.4, 0.5) is 21.5 Å². The van der Waals surface area contributed by atoms with Crippen LogP contribution < -0.4 is 4.90 Å². The third kappa shape index (κ3) is 5.83. The topological polar surface area (TPSA) is 8.17 Å². The van der Waals surface area contributed by atoms with Gasteiger partial charge in [0.05, 0.1) is 11.0 Å². The van der Waals surface area contributed by atoms with E-state index in [-0.39, 0.29) is 5.82 Å². The van der Waals surface area contributed by atoms with Crippen molar-refractivity contribution in [1.29, 1.82) is 0 Å². The lowest BCUT2D eigenvalue weighted by Gasteiger charge is -2.26. The first-order chi connectivity index (χ1) is 27.2. The van der Waals surface area contributed by atoms with Crippen LogP contribution in [0.15, 0.2) is 212 Å². The Hall–Kier alpha value is -7.23. The number of fused-ring (bicyclic) bond motifs is 5. The Labute approximate surface area is 319 Å². The van der Waals surface area contributed by atoms with Gasteiger partial charge in [-0.1, -0.05) is 146 Å². The maximum atomic E-state index is 14.3. The van der Waals surface area contributed by atoms with Crippen molar-refractivity contribution >= 4 is 49.6 Å². The largest absolute Gasteiger partial charge is 0.310 e. The summed E-state index contributed by atoms with van der Waals surface area (Å²) in [5.74, 6) is -0.265. The molecule has 0 N–H and O–H groups in total. The summed E-state index contributed by atoms with van der Waals surface area (Å²) in [5.41, 5.74) is 13.2. The average Bonchev–Trinajstić information content (AvgIpc) is 3.61. The Balaban J connectivity index is 1.18. The van der Waals surface area contributed by atoms with Crippen LogP contribution in [0.3, 0.4) is 0 Å². The van der Waals surface area contributed by atoms with Gasteiger partial charge in [0.2, 0.25) is 0 Å². The van der Waals surface area contributed by atoms with E-state index in [2.05, 4.69) is 191 Å². The van der Waals surface area contributed by atoms with Crippen molar-refractivity contribution in [3.05, 3.63) is 218 Å². The summed E-state index contributed by atoms with van der Waals surface area (Å²) in [6.07, 6.45) is 0. The molecule has 0 saturated carbocycles. The molecule has 0 atom stereocenters. The Morgan fingerprint density at radius 3 is 1.71 bits per heavy atom. The highest BCUT2D eigenvalue weighted by Gasteiger charge is 2.20. The number of hydrogen-bond donors (Lipinski definition) is 0. The molecule has 55 heavy (non-hydrogen) atoms. The molecule has 1 aromatic heterocycles. The first-order valence-electron chi connectivity index (χ1n) is 18.6. The highest BCUT2D eigenvalue weighted by atomic mass is 19.1. The molecule has 3 heteroatoms. The first-order valence-corrected chi connectivity index (χ1v) is 18.6. The van der Waals surface area contributed by atoms with E-state index in [9.17, 15) is 4.39 Å². The molecule has 0 saturated heterocycles. The normalized spacial score (nSPS) is 11.4. The van der Waals surface area contributed by atoms with Gasteiger partial charge in [-0.3, -0.25) is 0 Å². The Kier molecular flexibility index (Phi) is 8.04. The van der Waals surface area contributed by atoms with Crippen LogP contribution in [0.25, 0.3) is 71.6 Å². The van der Waals surface area contributed by atoms with E-state index < -0.39 is 0 Å². The van der Waals surface area contributed by atoms with Crippen LogP contribution in [0, 0.1) is 5.82 Å². The molecule has 260 valence electrons. The molecule has 0 aliphatic heterocycles. The third-order valence-electron chi connectivity index (χ3n) is 10.6. The van der Waals surface area contributed by atoms with Crippen molar-refractivity contribution in [2.24, 2.45) is 0 Å². The predicted molar refractivity (Wildman–Crippen MR) is 229 cm³/mol. The molecule has 0 spiro atoms. The van der Waals surface area contributed by atoms with Gasteiger partial charge < -0.3 is 9.47 Å². The maximum Gasteiger partial charge on any atom is 0.123 e. The van der Waals surface area contributed by atoms with Crippen LogP contribution in [0.1, 0.15) is 0 Å². The fourth-order valence-electron chi connectivity index (χ4n) is 8.08. The molecule has 0 aliphatic rings. The maximum absolute atomic E-state index is 14.3. The summed E-state index contributed by atoms with van der Waals surface area (Å²) in [5, 5.41) is 4.88. The number of rotatable bonds is 7. The SMILES string of the molecule is Fc1ccc(N(c2cccc(-c3ccccc3)c2)c2cccc(-n3c4cccc(-c5ccc(-c6ccccc6)cc5)c4c4c5ccccc5ccc43)c2)cc1. The van der Waals surface area contributed by atoms with E-state index in [1.165, 1.54) is 55.9 Å². The molecular formula is C52H35FN2. The number of halogens is 1. The minimum atomic E-state index is -0.265. The van der Waals surface area contributed by atoms with Gasteiger partial charge in [0.15, 0.2) is 0 Å². The molecule has 10 aromatic rings. The highest BCUT2D eigenvalue weighted by Crippen LogP contribution is 2.43. The molecule has 1 heterocycles. The lowest BCUT2D eigenvalue weighted by atomic mass is 9.95. The Bertz CT molecular complexity index is 2970. The number of hydrogen-bond acceptors (Lipinski definition) is 1. The third-order valence-corrected chi connectivity index (χ3v) is 10.6. The lowest BCUT2D eigenvalue weighted by molar-refractivity contribution is 0.628. The smallest absolute Gasteiger partial charge is 0.123 e. The quantitative estimate of drug-likeness (QED) is 0.160. The molecule has 0 radical (unpaired) electrons. The van der Waals surface area contributed by atoms with Gasteiger partial charge in [-0.25, -0.2) is 4.39 Å². The second kappa shape index (κ2) is 13.6. The molecule has 0 bridgehead atoms. The van der Waals surface area contributed by atoms with Gasteiger partial charge in [-0.05, 0) is 111 Å². The fraction of sp³-hybridized carbons (Fsp3) is 0. The zero-order valence-electron chi connectivity index (χ0n) is 30.0. The van der Waals surface area contributed by atoms with Gasteiger partial charge in [0.1, 0.15) is 5.82 Å². The van der Waals surface area contributed by atoms with Gasteiger partial charge in [0.25, 0.3) is 0 Å². The van der Waals surface area contributed by atoms with E-state index in [4.69, 9.17) is 0 Å². The van der Waals surface area contributed by atoms with Crippen LogP contribution in [-0.2, 0) is 0 Å². The molecule has 10 rings (SSSR count).